The summed E-state index contributed by atoms with van der Waals surface area (Å²) in [4.78, 5) is 14.8. The van der Waals surface area contributed by atoms with Crippen molar-refractivity contribution < 1.29 is 14.3 Å². The van der Waals surface area contributed by atoms with Gasteiger partial charge in [0.25, 0.3) is 0 Å². The van der Waals surface area contributed by atoms with E-state index in [1.54, 1.807) is 14.2 Å². The standard InChI is InChI=1S/C23H32N2O3/c1-7-25(14-18-11-12-20(27-5)21(13-18)28-6)15-22(26)24-23-17(4)9-8-10-19(23)16(2)3/h8-13,16H,7,14-15H2,1-6H3,(H,24,26). The van der Waals surface area contributed by atoms with E-state index in [9.17, 15) is 4.79 Å². The molecule has 152 valence electrons. The molecule has 0 aliphatic heterocycles. The third kappa shape index (κ3) is 5.49. The van der Waals surface area contributed by atoms with Gasteiger partial charge < -0.3 is 14.8 Å². The van der Waals surface area contributed by atoms with Crippen LogP contribution in [-0.4, -0.2) is 38.1 Å². The van der Waals surface area contributed by atoms with E-state index in [-0.39, 0.29) is 5.91 Å². The van der Waals surface area contributed by atoms with E-state index in [0.717, 1.165) is 28.9 Å². The number of aryl methyl sites for hydroxylation is 1. The van der Waals surface area contributed by atoms with Gasteiger partial charge in [-0.15, -0.1) is 0 Å². The van der Waals surface area contributed by atoms with E-state index in [4.69, 9.17) is 9.47 Å². The summed E-state index contributed by atoms with van der Waals surface area (Å²) >= 11 is 0. The number of nitrogens with zero attached hydrogens (tertiary/aromatic N) is 1. The third-order valence-corrected chi connectivity index (χ3v) is 4.86. The van der Waals surface area contributed by atoms with Gasteiger partial charge in [-0.2, -0.15) is 0 Å². The first-order valence-electron chi connectivity index (χ1n) is 9.72. The van der Waals surface area contributed by atoms with E-state index in [1.165, 1.54) is 0 Å². The Bertz CT molecular complexity index is 802. The van der Waals surface area contributed by atoms with Crippen LogP contribution in [0, 0.1) is 6.92 Å². The van der Waals surface area contributed by atoms with E-state index < -0.39 is 0 Å². The highest BCUT2D eigenvalue weighted by Gasteiger charge is 2.15. The Kier molecular flexibility index (Phi) is 7.88. The van der Waals surface area contributed by atoms with Gasteiger partial charge in [0.2, 0.25) is 5.91 Å². The van der Waals surface area contributed by atoms with Crippen LogP contribution in [0.3, 0.4) is 0 Å². The first kappa shape index (κ1) is 21.8. The van der Waals surface area contributed by atoms with Gasteiger partial charge in [-0.1, -0.05) is 45.0 Å². The van der Waals surface area contributed by atoms with Crippen molar-refractivity contribution in [3.8, 4) is 11.5 Å². The minimum absolute atomic E-state index is 0.00136. The molecule has 0 bridgehead atoms. The molecule has 2 aromatic rings. The van der Waals surface area contributed by atoms with E-state index in [0.29, 0.717) is 30.5 Å². The quantitative estimate of drug-likeness (QED) is 0.687. The molecule has 1 amide bonds. The van der Waals surface area contributed by atoms with Crippen LogP contribution in [0.15, 0.2) is 36.4 Å². The number of likely N-dealkylation sites (N-methyl/N-ethyl adjacent to an activating group) is 1. The van der Waals surface area contributed by atoms with E-state index in [1.807, 2.05) is 37.3 Å². The molecule has 0 saturated heterocycles. The highest BCUT2D eigenvalue weighted by Crippen LogP contribution is 2.29. The zero-order valence-corrected chi connectivity index (χ0v) is 17.8. The maximum absolute atomic E-state index is 12.7. The highest BCUT2D eigenvalue weighted by molar-refractivity contribution is 5.93. The second-order valence-corrected chi connectivity index (χ2v) is 7.23. The van der Waals surface area contributed by atoms with Crippen molar-refractivity contribution in [3.63, 3.8) is 0 Å². The predicted molar refractivity (Wildman–Crippen MR) is 114 cm³/mol. The summed E-state index contributed by atoms with van der Waals surface area (Å²) in [5.41, 5.74) is 4.26. The first-order chi connectivity index (χ1) is 13.4. The van der Waals surface area contributed by atoms with Crippen molar-refractivity contribution in [3.05, 3.63) is 53.1 Å². The molecular weight excluding hydrogens is 352 g/mol. The van der Waals surface area contributed by atoms with Crippen LogP contribution >= 0.6 is 0 Å². The number of carbonyl (C=O) groups is 1. The smallest absolute Gasteiger partial charge is 0.238 e. The number of anilines is 1. The molecule has 1 N–H and O–H groups in total. The van der Waals surface area contributed by atoms with Crippen LogP contribution < -0.4 is 14.8 Å². The van der Waals surface area contributed by atoms with Crippen LogP contribution in [0.1, 0.15) is 43.4 Å². The monoisotopic (exact) mass is 384 g/mol. The Morgan fingerprint density at radius 3 is 2.43 bits per heavy atom. The van der Waals surface area contributed by atoms with Crippen molar-refractivity contribution in [1.82, 2.24) is 4.90 Å². The number of carbonyl (C=O) groups excluding carboxylic acids is 1. The summed E-state index contributed by atoms with van der Waals surface area (Å²) in [6.45, 7) is 10.1. The SMILES string of the molecule is CCN(CC(=O)Nc1c(C)cccc1C(C)C)Cc1ccc(OC)c(OC)c1. The molecule has 2 aromatic carbocycles. The summed E-state index contributed by atoms with van der Waals surface area (Å²) in [6.07, 6.45) is 0. The normalized spacial score (nSPS) is 11.0. The molecule has 0 spiro atoms. The number of amides is 1. The number of ether oxygens (including phenoxy) is 2. The average molecular weight is 385 g/mol. The molecule has 0 heterocycles. The molecule has 2 rings (SSSR count). The van der Waals surface area contributed by atoms with Gasteiger partial charge >= 0.3 is 0 Å². The zero-order chi connectivity index (χ0) is 20.7. The molecule has 0 saturated carbocycles. The topological polar surface area (TPSA) is 50.8 Å². The number of hydrogen-bond acceptors (Lipinski definition) is 4. The number of nitrogens with one attached hydrogen (secondary N) is 1. The fourth-order valence-electron chi connectivity index (χ4n) is 3.24. The molecular formula is C23H32N2O3. The lowest BCUT2D eigenvalue weighted by molar-refractivity contribution is -0.117. The van der Waals surface area contributed by atoms with Crippen LogP contribution in [0.4, 0.5) is 5.69 Å². The maximum Gasteiger partial charge on any atom is 0.238 e. The molecule has 5 heteroatoms. The Morgan fingerprint density at radius 2 is 1.82 bits per heavy atom. The van der Waals surface area contributed by atoms with Crippen LogP contribution in [0.25, 0.3) is 0 Å². The third-order valence-electron chi connectivity index (χ3n) is 4.86. The molecule has 0 unspecified atom stereocenters. The van der Waals surface area contributed by atoms with Crippen molar-refractivity contribution in [1.29, 1.82) is 0 Å². The van der Waals surface area contributed by atoms with Crippen molar-refractivity contribution in [2.75, 3.05) is 32.6 Å². The summed E-state index contributed by atoms with van der Waals surface area (Å²) < 4.78 is 10.7. The second kappa shape index (κ2) is 10.1. The fourth-order valence-corrected chi connectivity index (χ4v) is 3.24. The van der Waals surface area contributed by atoms with E-state index >= 15 is 0 Å². The molecule has 0 fully saturated rings. The van der Waals surface area contributed by atoms with Crippen LogP contribution in [0.5, 0.6) is 11.5 Å². The Labute approximate surface area is 168 Å². The average Bonchev–Trinajstić information content (AvgIpc) is 2.68. The lowest BCUT2D eigenvalue weighted by Crippen LogP contribution is -2.33. The Hall–Kier alpha value is -2.53. The summed E-state index contributed by atoms with van der Waals surface area (Å²) in [7, 11) is 3.25. The minimum Gasteiger partial charge on any atom is -0.493 e. The summed E-state index contributed by atoms with van der Waals surface area (Å²) in [5, 5.41) is 3.13. The molecule has 0 aliphatic carbocycles. The lowest BCUT2D eigenvalue weighted by atomic mass is 9.98. The number of methoxy groups -OCH3 is 2. The van der Waals surface area contributed by atoms with Crippen molar-refractivity contribution in [2.24, 2.45) is 0 Å². The second-order valence-electron chi connectivity index (χ2n) is 7.23. The highest BCUT2D eigenvalue weighted by atomic mass is 16.5. The minimum atomic E-state index is -0.00136. The predicted octanol–water partition coefficient (Wildman–Crippen LogP) is 4.60. The van der Waals surface area contributed by atoms with Gasteiger partial charge in [0.15, 0.2) is 11.5 Å². The van der Waals surface area contributed by atoms with Gasteiger partial charge in [-0.05, 0) is 48.2 Å². The zero-order valence-electron chi connectivity index (χ0n) is 17.8. The molecule has 0 aliphatic rings. The summed E-state index contributed by atoms with van der Waals surface area (Å²) in [5.74, 6) is 1.75. The lowest BCUT2D eigenvalue weighted by Gasteiger charge is -2.22. The van der Waals surface area contributed by atoms with Crippen LogP contribution in [0.2, 0.25) is 0 Å². The maximum atomic E-state index is 12.7. The van der Waals surface area contributed by atoms with Gasteiger partial charge in [0.1, 0.15) is 0 Å². The summed E-state index contributed by atoms with van der Waals surface area (Å²) in [6, 6.07) is 12.0. The first-order valence-corrected chi connectivity index (χ1v) is 9.72. The van der Waals surface area contributed by atoms with Gasteiger partial charge in [-0.3, -0.25) is 9.69 Å². The van der Waals surface area contributed by atoms with Gasteiger partial charge in [0, 0.05) is 12.2 Å². The van der Waals surface area contributed by atoms with Crippen LogP contribution in [-0.2, 0) is 11.3 Å². The van der Waals surface area contributed by atoms with Gasteiger partial charge in [-0.25, -0.2) is 0 Å². The molecule has 0 atom stereocenters. The largest absolute Gasteiger partial charge is 0.493 e. The number of para-hydroxylation sites is 1. The van der Waals surface area contributed by atoms with E-state index in [2.05, 4.69) is 37.1 Å². The molecule has 5 nitrogen and oxygen atoms in total. The van der Waals surface area contributed by atoms with Crippen molar-refractivity contribution >= 4 is 11.6 Å². The molecule has 28 heavy (non-hydrogen) atoms. The number of benzene rings is 2. The molecule has 0 aromatic heterocycles. The fraction of sp³-hybridized carbons (Fsp3) is 0.435. The molecule has 0 radical (unpaired) electrons. The number of hydrogen-bond donors (Lipinski definition) is 1. The van der Waals surface area contributed by atoms with Gasteiger partial charge in [0.05, 0.1) is 20.8 Å². The number of rotatable bonds is 9. The Morgan fingerprint density at radius 1 is 1.11 bits per heavy atom. The van der Waals surface area contributed by atoms with Crippen molar-refractivity contribution in [2.45, 2.75) is 40.2 Å². The Balaban J connectivity index is 2.08.